The van der Waals surface area contributed by atoms with Gasteiger partial charge in [0.25, 0.3) is 0 Å². The number of hydrogen-bond acceptors (Lipinski definition) is 3. The Morgan fingerprint density at radius 1 is 1.09 bits per heavy atom. The maximum absolute atomic E-state index is 6.01. The van der Waals surface area contributed by atoms with Gasteiger partial charge in [-0.1, -0.05) is 29.8 Å². The summed E-state index contributed by atoms with van der Waals surface area (Å²) in [5.74, 6) is 1.06. The van der Waals surface area contributed by atoms with Crippen molar-refractivity contribution in [3.05, 3.63) is 65.1 Å². The number of hydrogen-bond donors (Lipinski definition) is 0. The maximum Gasteiger partial charge on any atom is 0.114 e. The molecule has 0 radical (unpaired) electrons. The minimum atomic E-state index is 0.516. The first-order valence-electron chi connectivity index (χ1n) is 7.62. The van der Waals surface area contributed by atoms with Crippen molar-refractivity contribution in [2.24, 2.45) is 0 Å². The molecule has 114 valence electrons. The standard InChI is InChI=1S/C19H21NO2/c1-14-7-9-17(10-8-14)22-12-15-11-16(13-21-2)20-19-6-4-3-5-18(15)19/h3-7,9,11H,8,10,12-13H2,1-2H3. The largest absolute Gasteiger partial charge is 0.493 e. The summed E-state index contributed by atoms with van der Waals surface area (Å²) in [7, 11) is 1.69. The number of allylic oxidation sites excluding steroid dienone is 4. The highest BCUT2D eigenvalue weighted by Gasteiger charge is 2.09. The second kappa shape index (κ2) is 6.75. The molecule has 3 rings (SSSR count). The Labute approximate surface area is 131 Å². The van der Waals surface area contributed by atoms with Crippen LogP contribution in [0.25, 0.3) is 10.9 Å². The van der Waals surface area contributed by atoms with Gasteiger partial charge in [0.15, 0.2) is 0 Å². The first-order valence-corrected chi connectivity index (χ1v) is 7.62. The van der Waals surface area contributed by atoms with E-state index < -0.39 is 0 Å². The molecule has 0 aliphatic heterocycles. The molecule has 3 heteroatoms. The van der Waals surface area contributed by atoms with Crippen molar-refractivity contribution in [1.82, 2.24) is 4.98 Å². The van der Waals surface area contributed by atoms with E-state index in [2.05, 4.69) is 36.2 Å². The average molecular weight is 295 g/mol. The molecule has 1 aromatic heterocycles. The van der Waals surface area contributed by atoms with Crippen LogP contribution < -0.4 is 0 Å². The lowest BCUT2D eigenvalue weighted by Gasteiger charge is -2.15. The van der Waals surface area contributed by atoms with Gasteiger partial charge in [0.05, 0.1) is 23.6 Å². The Balaban J connectivity index is 1.85. The third kappa shape index (κ3) is 3.37. The molecule has 3 nitrogen and oxygen atoms in total. The molecule has 1 heterocycles. The Bertz CT molecular complexity index is 731. The minimum Gasteiger partial charge on any atom is -0.493 e. The normalized spacial score (nSPS) is 14.6. The Morgan fingerprint density at radius 3 is 2.73 bits per heavy atom. The fourth-order valence-corrected chi connectivity index (χ4v) is 2.66. The van der Waals surface area contributed by atoms with Crippen molar-refractivity contribution in [2.45, 2.75) is 33.0 Å². The highest BCUT2D eigenvalue weighted by molar-refractivity contribution is 5.82. The van der Waals surface area contributed by atoms with Crippen molar-refractivity contribution in [3.63, 3.8) is 0 Å². The van der Waals surface area contributed by atoms with Crippen LogP contribution in [0.4, 0.5) is 0 Å². The summed E-state index contributed by atoms with van der Waals surface area (Å²) in [6.45, 7) is 3.24. The molecule has 1 aliphatic rings. The summed E-state index contributed by atoms with van der Waals surface area (Å²) < 4.78 is 11.2. The quantitative estimate of drug-likeness (QED) is 0.812. The highest BCUT2D eigenvalue weighted by atomic mass is 16.5. The van der Waals surface area contributed by atoms with Crippen LogP contribution in [0.1, 0.15) is 31.0 Å². The van der Waals surface area contributed by atoms with Gasteiger partial charge in [-0.3, -0.25) is 4.98 Å². The van der Waals surface area contributed by atoms with Gasteiger partial charge in [0.2, 0.25) is 0 Å². The molecule has 2 aromatic rings. The monoisotopic (exact) mass is 295 g/mol. The van der Waals surface area contributed by atoms with Gasteiger partial charge in [-0.2, -0.15) is 0 Å². The average Bonchev–Trinajstić information content (AvgIpc) is 2.54. The molecular weight excluding hydrogens is 274 g/mol. The summed E-state index contributed by atoms with van der Waals surface area (Å²) in [6, 6.07) is 10.3. The Morgan fingerprint density at radius 2 is 1.95 bits per heavy atom. The highest BCUT2D eigenvalue weighted by Crippen LogP contribution is 2.23. The summed E-state index contributed by atoms with van der Waals surface area (Å²) in [5, 5.41) is 1.14. The predicted octanol–water partition coefficient (Wildman–Crippen LogP) is 4.52. The first-order chi connectivity index (χ1) is 10.8. The van der Waals surface area contributed by atoms with Gasteiger partial charge < -0.3 is 9.47 Å². The smallest absolute Gasteiger partial charge is 0.114 e. The second-order valence-corrected chi connectivity index (χ2v) is 5.66. The number of pyridine rings is 1. The summed E-state index contributed by atoms with van der Waals surface area (Å²) in [4.78, 5) is 4.63. The zero-order valence-electron chi connectivity index (χ0n) is 13.1. The van der Waals surface area contributed by atoms with E-state index >= 15 is 0 Å². The van der Waals surface area contributed by atoms with Crippen LogP contribution in [0, 0.1) is 0 Å². The number of aromatic nitrogens is 1. The molecule has 1 aliphatic carbocycles. The van der Waals surface area contributed by atoms with Crippen LogP contribution in [0.15, 0.2) is 53.8 Å². The van der Waals surface area contributed by atoms with E-state index in [0.717, 1.165) is 40.8 Å². The van der Waals surface area contributed by atoms with E-state index in [1.165, 1.54) is 5.57 Å². The number of benzene rings is 1. The summed E-state index contributed by atoms with van der Waals surface area (Å²) in [6.07, 6.45) is 6.28. The van der Waals surface area contributed by atoms with E-state index in [9.17, 15) is 0 Å². The molecule has 0 amide bonds. The fraction of sp³-hybridized carbons (Fsp3) is 0.316. The molecule has 0 saturated heterocycles. The van der Waals surface area contributed by atoms with Gasteiger partial charge in [-0.25, -0.2) is 0 Å². The Hall–Kier alpha value is -2.13. The van der Waals surface area contributed by atoms with Crippen LogP contribution >= 0.6 is 0 Å². The number of para-hydroxylation sites is 1. The van der Waals surface area contributed by atoms with E-state index in [4.69, 9.17) is 9.47 Å². The third-order valence-corrected chi connectivity index (χ3v) is 3.88. The lowest BCUT2D eigenvalue weighted by molar-refractivity contribution is 0.179. The van der Waals surface area contributed by atoms with Crippen LogP contribution in [-0.4, -0.2) is 12.1 Å². The van der Waals surface area contributed by atoms with Crippen molar-refractivity contribution in [3.8, 4) is 0 Å². The molecule has 0 saturated carbocycles. The molecule has 0 spiro atoms. The predicted molar refractivity (Wildman–Crippen MR) is 88.3 cm³/mol. The van der Waals surface area contributed by atoms with Crippen LogP contribution in [-0.2, 0) is 22.7 Å². The molecule has 0 bridgehead atoms. The summed E-state index contributed by atoms with van der Waals surface area (Å²) in [5.41, 5.74) is 4.49. The van der Waals surface area contributed by atoms with E-state index in [1.54, 1.807) is 7.11 Å². The van der Waals surface area contributed by atoms with Gasteiger partial charge in [0, 0.05) is 24.5 Å². The fourth-order valence-electron chi connectivity index (χ4n) is 2.66. The Kier molecular flexibility index (Phi) is 4.54. The maximum atomic E-state index is 6.01. The molecular formula is C19H21NO2. The van der Waals surface area contributed by atoms with Crippen molar-refractivity contribution in [2.75, 3.05) is 7.11 Å². The van der Waals surface area contributed by atoms with Crippen molar-refractivity contribution >= 4 is 10.9 Å². The second-order valence-electron chi connectivity index (χ2n) is 5.66. The number of nitrogens with zero attached hydrogens (tertiary/aromatic N) is 1. The summed E-state index contributed by atoms with van der Waals surface area (Å²) >= 11 is 0. The molecule has 1 aromatic carbocycles. The lowest BCUT2D eigenvalue weighted by atomic mass is 10.1. The SMILES string of the molecule is COCc1cc(COC2=CC=C(C)CC2)c2ccccc2n1. The van der Waals surface area contributed by atoms with Gasteiger partial charge in [-0.15, -0.1) is 0 Å². The minimum absolute atomic E-state index is 0.516. The molecule has 0 unspecified atom stereocenters. The topological polar surface area (TPSA) is 31.4 Å². The number of ether oxygens (including phenoxy) is 2. The van der Waals surface area contributed by atoms with Crippen LogP contribution in [0.3, 0.4) is 0 Å². The molecule has 0 fully saturated rings. The zero-order chi connectivity index (χ0) is 15.4. The third-order valence-electron chi connectivity index (χ3n) is 3.88. The number of fused-ring (bicyclic) bond motifs is 1. The molecule has 0 atom stereocenters. The van der Waals surface area contributed by atoms with Gasteiger partial charge >= 0.3 is 0 Å². The van der Waals surface area contributed by atoms with Gasteiger partial charge in [-0.05, 0) is 31.6 Å². The van der Waals surface area contributed by atoms with E-state index in [0.29, 0.717) is 13.2 Å². The number of rotatable bonds is 5. The van der Waals surface area contributed by atoms with Crippen molar-refractivity contribution < 1.29 is 9.47 Å². The van der Waals surface area contributed by atoms with Crippen molar-refractivity contribution in [1.29, 1.82) is 0 Å². The van der Waals surface area contributed by atoms with Gasteiger partial charge in [0.1, 0.15) is 6.61 Å². The first kappa shape index (κ1) is 14.8. The molecule has 0 N–H and O–H groups in total. The van der Waals surface area contributed by atoms with E-state index in [-0.39, 0.29) is 0 Å². The van der Waals surface area contributed by atoms with Crippen LogP contribution in [0.2, 0.25) is 0 Å². The van der Waals surface area contributed by atoms with E-state index in [1.807, 2.05) is 18.2 Å². The zero-order valence-corrected chi connectivity index (χ0v) is 13.1. The lowest BCUT2D eigenvalue weighted by Crippen LogP contribution is -2.01. The number of methoxy groups -OCH3 is 1. The van der Waals surface area contributed by atoms with Crippen LogP contribution in [0.5, 0.6) is 0 Å². The molecule has 22 heavy (non-hydrogen) atoms.